The third kappa shape index (κ3) is 4.82. The number of guanidine groups is 1. The number of rotatable bonds is 3. The molecule has 0 unspecified atom stereocenters. The summed E-state index contributed by atoms with van der Waals surface area (Å²) in [6, 6.07) is 1.92. The van der Waals surface area contributed by atoms with Gasteiger partial charge in [0.05, 0.1) is 13.1 Å². The highest BCUT2D eigenvalue weighted by Gasteiger charge is 2.02. The van der Waals surface area contributed by atoms with Gasteiger partial charge >= 0.3 is 0 Å². The monoisotopic (exact) mass is 337 g/mol. The summed E-state index contributed by atoms with van der Waals surface area (Å²) in [4.78, 5) is 8.51. The van der Waals surface area contributed by atoms with E-state index in [4.69, 9.17) is 0 Å². The smallest absolute Gasteiger partial charge is 0.195 e. The van der Waals surface area contributed by atoms with E-state index in [0.29, 0.717) is 0 Å². The predicted octanol–water partition coefficient (Wildman–Crippen LogP) is 0.980. The van der Waals surface area contributed by atoms with Crippen molar-refractivity contribution in [2.45, 2.75) is 6.54 Å². The van der Waals surface area contributed by atoms with Crippen LogP contribution in [0.15, 0.2) is 23.5 Å². The first-order valence-corrected chi connectivity index (χ1v) is 4.98. The fraction of sp³-hybridized carbons (Fsp3) is 0.600. The largest absolute Gasteiger partial charge is 0.349 e. The van der Waals surface area contributed by atoms with Crippen LogP contribution in [0.2, 0.25) is 0 Å². The summed E-state index contributed by atoms with van der Waals surface area (Å²) < 4.78 is 1.88. The van der Waals surface area contributed by atoms with E-state index in [-0.39, 0.29) is 24.0 Å². The molecule has 0 saturated heterocycles. The first-order chi connectivity index (χ1) is 7.11. The Morgan fingerprint density at radius 2 is 1.88 bits per heavy atom. The average molecular weight is 337 g/mol. The van der Waals surface area contributed by atoms with Gasteiger partial charge in [0.15, 0.2) is 5.96 Å². The van der Waals surface area contributed by atoms with Gasteiger partial charge in [-0.25, -0.2) is 0 Å². The number of nitrogens with zero attached hydrogens (tertiary/aromatic N) is 5. The van der Waals surface area contributed by atoms with Crippen LogP contribution < -0.4 is 0 Å². The summed E-state index contributed by atoms with van der Waals surface area (Å²) in [7, 11) is 7.97. The van der Waals surface area contributed by atoms with Crippen molar-refractivity contribution in [2.75, 3.05) is 34.7 Å². The first-order valence-electron chi connectivity index (χ1n) is 4.98. The molecular weight excluding hydrogens is 317 g/mol. The summed E-state index contributed by atoms with van der Waals surface area (Å²) in [5, 5.41) is 4.12. The van der Waals surface area contributed by atoms with Gasteiger partial charge in [-0.1, -0.05) is 0 Å². The molecule has 92 valence electrons. The zero-order valence-corrected chi connectivity index (χ0v) is 12.6. The summed E-state index contributed by atoms with van der Waals surface area (Å²) in [5.74, 6) is 0.974. The van der Waals surface area contributed by atoms with Gasteiger partial charge in [-0.15, -0.1) is 24.0 Å². The minimum absolute atomic E-state index is 0. The SMILES string of the molecule is CN(C)C(=NCCn1cccn1)N(C)C.I. The molecular formula is C10H20IN5. The van der Waals surface area contributed by atoms with E-state index in [1.807, 2.05) is 54.9 Å². The molecule has 0 atom stereocenters. The zero-order chi connectivity index (χ0) is 11.3. The second-order valence-corrected chi connectivity index (χ2v) is 3.74. The highest BCUT2D eigenvalue weighted by atomic mass is 127. The van der Waals surface area contributed by atoms with Crippen molar-refractivity contribution in [1.29, 1.82) is 0 Å². The molecule has 5 nitrogen and oxygen atoms in total. The quantitative estimate of drug-likeness (QED) is 0.469. The lowest BCUT2D eigenvalue weighted by molar-refractivity contribution is 0.476. The molecule has 0 aliphatic rings. The van der Waals surface area contributed by atoms with Gasteiger partial charge in [0.25, 0.3) is 0 Å². The van der Waals surface area contributed by atoms with Gasteiger partial charge in [-0.05, 0) is 6.07 Å². The molecule has 0 N–H and O–H groups in total. The molecule has 0 radical (unpaired) electrons. The Balaban J connectivity index is 0.00000225. The van der Waals surface area contributed by atoms with Gasteiger partial charge in [-0.2, -0.15) is 5.10 Å². The van der Waals surface area contributed by atoms with Gasteiger partial charge in [0.1, 0.15) is 0 Å². The molecule has 0 aliphatic carbocycles. The number of hydrogen-bond donors (Lipinski definition) is 0. The van der Waals surface area contributed by atoms with Gasteiger partial charge in [-0.3, -0.25) is 9.67 Å². The van der Waals surface area contributed by atoms with Crippen LogP contribution in [-0.2, 0) is 6.54 Å². The van der Waals surface area contributed by atoms with Crippen molar-refractivity contribution in [3.8, 4) is 0 Å². The standard InChI is InChI=1S/C10H19N5.HI/c1-13(2)10(14(3)4)11-7-9-15-8-5-6-12-15;/h5-6,8H,7,9H2,1-4H3;1H. The lowest BCUT2D eigenvalue weighted by atomic mass is 10.6. The van der Waals surface area contributed by atoms with Gasteiger partial charge in [0, 0.05) is 40.6 Å². The Bertz CT molecular complexity index is 295. The van der Waals surface area contributed by atoms with Crippen molar-refractivity contribution in [2.24, 2.45) is 4.99 Å². The summed E-state index contributed by atoms with van der Waals surface area (Å²) >= 11 is 0. The van der Waals surface area contributed by atoms with E-state index >= 15 is 0 Å². The highest BCUT2D eigenvalue weighted by molar-refractivity contribution is 14.0. The molecule has 1 rings (SSSR count). The molecule has 0 aliphatic heterocycles. The van der Waals surface area contributed by atoms with E-state index in [2.05, 4.69) is 10.1 Å². The molecule has 0 spiro atoms. The number of hydrogen-bond acceptors (Lipinski definition) is 2. The maximum absolute atomic E-state index is 4.51. The van der Waals surface area contributed by atoms with Crippen LogP contribution in [0.4, 0.5) is 0 Å². The average Bonchev–Trinajstić information content (AvgIpc) is 2.63. The normalized spacial score (nSPS) is 9.25. The minimum atomic E-state index is 0. The fourth-order valence-corrected chi connectivity index (χ4v) is 1.37. The van der Waals surface area contributed by atoms with E-state index in [0.717, 1.165) is 19.0 Å². The molecule has 1 aromatic heterocycles. The van der Waals surface area contributed by atoms with Crippen molar-refractivity contribution < 1.29 is 0 Å². The Morgan fingerprint density at radius 1 is 1.25 bits per heavy atom. The lowest BCUT2D eigenvalue weighted by Gasteiger charge is -2.22. The molecule has 0 aromatic carbocycles. The third-order valence-electron chi connectivity index (χ3n) is 1.94. The van der Waals surface area contributed by atoms with Crippen LogP contribution >= 0.6 is 24.0 Å². The van der Waals surface area contributed by atoms with Crippen LogP contribution in [-0.4, -0.2) is 60.3 Å². The second kappa shape index (κ2) is 7.48. The van der Waals surface area contributed by atoms with Crippen LogP contribution in [0.25, 0.3) is 0 Å². The Kier molecular flexibility index (Phi) is 7.11. The predicted molar refractivity (Wildman–Crippen MR) is 77.3 cm³/mol. The topological polar surface area (TPSA) is 36.7 Å². The molecule has 6 heteroatoms. The fourth-order valence-electron chi connectivity index (χ4n) is 1.37. The molecule has 0 saturated carbocycles. The molecule has 0 bridgehead atoms. The number of aliphatic imine (C=N–C) groups is 1. The summed E-state index contributed by atoms with van der Waals surface area (Å²) in [5.41, 5.74) is 0. The van der Waals surface area contributed by atoms with Crippen LogP contribution in [0.3, 0.4) is 0 Å². The molecule has 16 heavy (non-hydrogen) atoms. The molecule has 1 heterocycles. The maximum atomic E-state index is 4.51. The maximum Gasteiger partial charge on any atom is 0.195 e. The van der Waals surface area contributed by atoms with Crippen molar-refractivity contribution >= 4 is 29.9 Å². The van der Waals surface area contributed by atoms with Crippen molar-refractivity contribution in [3.63, 3.8) is 0 Å². The zero-order valence-electron chi connectivity index (χ0n) is 10.3. The van der Waals surface area contributed by atoms with E-state index in [1.165, 1.54) is 0 Å². The molecule has 0 amide bonds. The molecule has 0 fully saturated rings. The Labute approximate surface area is 114 Å². The van der Waals surface area contributed by atoms with Crippen molar-refractivity contribution in [1.82, 2.24) is 19.6 Å². The van der Waals surface area contributed by atoms with Crippen LogP contribution in [0, 0.1) is 0 Å². The minimum Gasteiger partial charge on any atom is -0.349 e. The van der Waals surface area contributed by atoms with Crippen LogP contribution in [0.5, 0.6) is 0 Å². The third-order valence-corrected chi connectivity index (χ3v) is 1.94. The second-order valence-electron chi connectivity index (χ2n) is 3.74. The molecule has 1 aromatic rings. The van der Waals surface area contributed by atoms with E-state index in [9.17, 15) is 0 Å². The first kappa shape index (κ1) is 15.2. The number of halogens is 1. The van der Waals surface area contributed by atoms with E-state index < -0.39 is 0 Å². The Hall–Kier alpha value is -0.790. The summed E-state index contributed by atoms with van der Waals surface area (Å²) in [6.45, 7) is 1.56. The van der Waals surface area contributed by atoms with Gasteiger partial charge in [0.2, 0.25) is 0 Å². The lowest BCUT2D eigenvalue weighted by Crippen LogP contribution is -2.35. The van der Waals surface area contributed by atoms with Crippen molar-refractivity contribution in [3.05, 3.63) is 18.5 Å². The highest BCUT2D eigenvalue weighted by Crippen LogP contribution is 1.91. The summed E-state index contributed by atoms with van der Waals surface area (Å²) in [6.07, 6.45) is 3.73. The number of aromatic nitrogens is 2. The van der Waals surface area contributed by atoms with E-state index in [1.54, 1.807) is 6.20 Å². The Morgan fingerprint density at radius 3 is 2.31 bits per heavy atom. The van der Waals surface area contributed by atoms with Crippen LogP contribution in [0.1, 0.15) is 0 Å². The van der Waals surface area contributed by atoms with Gasteiger partial charge < -0.3 is 9.80 Å².